The van der Waals surface area contributed by atoms with E-state index in [0.717, 1.165) is 44.5 Å². The monoisotopic (exact) mass is 604 g/mol. The first-order chi connectivity index (χ1) is 19.8. The summed E-state index contributed by atoms with van der Waals surface area (Å²) in [6, 6.07) is 1.04. The van der Waals surface area contributed by atoms with Gasteiger partial charge in [0, 0.05) is 40.0 Å². The summed E-state index contributed by atoms with van der Waals surface area (Å²) in [7, 11) is 0. The van der Waals surface area contributed by atoms with Crippen LogP contribution in [0, 0.1) is 0 Å². The Bertz CT molecular complexity index is 1250. The first-order valence-electron chi connectivity index (χ1n) is 12.6. The third-order valence-electron chi connectivity index (χ3n) is 6.06. The van der Waals surface area contributed by atoms with Crippen molar-refractivity contribution in [3.05, 3.63) is 33.1 Å². The zero-order chi connectivity index (χ0) is 31.1. The molecule has 3 heterocycles. The van der Waals surface area contributed by atoms with Crippen molar-refractivity contribution < 1.29 is 67.3 Å². The molecule has 0 radical (unpaired) electrons. The van der Waals surface area contributed by atoms with E-state index < -0.39 is 110 Å². The topological polar surface area (TPSA) is 237 Å². The maximum atomic E-state index is 12.3. The summed E-state index contributed by atoms with van der Waals surface area (Å²) >= 11 is 0. The predicted octanol–water partition coefficient (Wildman–Crippen LogP) is -2.77. The molecule has 0 saturated carbocycles. The number of aliphatic hydroxyl groups excluding tert-OH is 2. The molecule has 0 bridgehead atoms. The highest BCUT2D eigenvalue weighted by Gasteiger charge is 2.53. The van der Waals surface area contributed by atoms with Gasteiger partial charge in [0.1, 0.15) is 31.0 Å². The molecule has 0 amide bonds. The summed E-state index contributed by atoms with van der Waals surface area (Å²) in [5.74, 6) is -3.20. The van der Waals surface area contributed by atoms with Crippen LogP contribution in [0.15, 0.2) is 21.9 Å². The quantitative estimate of drug-likeness (QED) is 0.132. The maximum absolute atomic E-state index is 12.3. The lowest BCUT2D eigenvalue weighted by molar-refractivity contribution is -0.325. The van der Waals surface area contributed by atoms with Crippen LogP contribution in [-0.4, -0.2) is 113 Å². The van der Waals surface area contributed by atoms with Gasteiger partial charge < -0.3 is 48.1 Å². The van der Waals surface area contributed by atoms with Crippen LogP contribution in [-0.2, 0) is 57.1 Å². The van der Waals surface area contributed by atoms with Crippen LogP contribution in [0.4, 0.5) is 0 Å². The van der Waals surface area contributed by atoms with Crippen LogP contribution in [0.1, 0.15) is 33.9 Å². The highest BCUT2D eigenvalue weighted by Crippen LogP contribution is 2.32. The van der Waals surface area contributed by atoms with Gasteiger partial charge in [-0.1, -0.05) is 0 Å². The van der Waals surface area contributed by atoms with Crippen LogP contribution in [0.2, 0.25) is 0 Å². The predicted molar refractivity (Wildman–Crippen MR) is 131 cm³/mol. The summed E-state index contributed by atoms with van der Waals surface area (Å²) in [6.45, 7) is 2.45. The molecule has 0 aliphatic carbocycles. The average Bonchev–Trinajstić information content (AvgIpc) is 3.20. The molecule has 3 N–H and O–H groups in total. The molecular weight excluding hydrogens is 572 g/mol. The van der Waals surface area contributed by atoms with E-state index in [9.17, 15) is 39.0 Å². The molecule has 0 spiro atoms. The molecule has 2 aliphatic heterocycles. The van der Waals surface area contributed by atoms with Crippen LogP contribution in [0.25, 0.3) is 0 Å². The van der Waals surface area contributed by atoms with Gasteiger partial charge >= 0.3 is 29.6 Å². The number of H-pyrrole nitrogens is 1. The van der Waals surface area contributed by atoms with E-state index in [2.05, 4.69) is 0 Å². The number of hydrogen-bond acceptors (Lipinski definition) is 16. The Balaban J connectivity index is 1.86. The van der Waals surface area contributed by atoms with Crippen LogP contribution >= 0.6 is 0 Å². The minimum atomic E-state index is -1.58. The molecule has 1 aromatic rings. The van der Waals surface area contributed by atoms with Crippen molar-refractivity contribution in [1.82, 2.24) is 9.55 Å². The van der Waals surface area contributed by atoms with E-state index in [1.54, 1.807) is 0 Å². The summed E-state index contributed by atoms with van der Waals surface area (Å²) < 4.78 is 44.4. The highest BCUT2D eigenvalue weighted by atomic mass is 16.8. The SMILES string of the molecule is CC(=O)OC[C@H]1O[C@@H](OCO[C@H]2C(O)[C@@H](CO)O[C@H]2n2ccc(=O)[nH]c2=O)[C@H](OC(C)=O)[C@@H](OC(C)=O)[C@H]1OC(C)=O. The molecule has 0 aromatic carbocycles. The van der Waals surface area contributed by atoms with E-state index in [1.807, 2.05) is 4.98 Å². The Morgan fingerprint density at radius 2 is 1.48 bits per heavy atom. The van der Waals surface area contributed by atoms with Gasteiger partial charge in [-0.25, -0.2) is 4.79 Å². The third kappa shape index (κ3) is 8.20. The lowest BCUT2D eigenvalue weighted by Gasteiger charge is -2.44. The van der Waals surface area contributed by atoms with E-state index in [-0.39, 0.29) is 0 Å². The number of hydrogen-bond donors (Lipinski definition) is 3. The molecule has 18 heteroatoms. The van der Waals surface area contributed by atoms with Gasteiger partial charge in [-0.2, -0.15) is 0 Å². The number of aromatic nitrogens is 2. The summed E-state index contributed by atoms with van der Waals surface area (Å²) in [4.78, 5) is 73.1. The minimum absolute atomic E-state index is 0.483. The average molecular weight is 605 g/mol. The van der Waals surface area contributed by atoms with Crippen molar-refractivity contribution in [2.24, 2.45) is 0 Å². The van der Waals surface area contributed by atoms with Gasteiger partial charge in [-0.05, 0) is 0 Å². The Morgan fingerprint density at radius 1 is 0.857 bits per heavy atom. The Kier molecular flexibility index (Phi) is 11.3. The van der Waals surface area contributed by atoms with Crippen molar-refractivity contribution in [2.75, 3.05) is 20.0 Å². The first-order valence-corrected chi connectivity index (χ1v) is 12.6. The fourth-order valence-electron chi connectivity index (χ4n) is 4.41. The van der Waals surface area contributed by atoms with E-state index >= 15 is 0 Å². The molecule has 18 nitrogen and oxygen atoms in total. The van der Waals surface area contributed by atoms with Crippen molar-refractivity contribution in [1.29, 1.82) is 0 Å². The van der Waals surface area contributed by atoms with Gasteiger partial charge in [-0.15, -0.1) is 0 Å². The molecule has 1 unspecified atom stereocenters. The van der Waals surface area contributed by atoms with Gasteiger partial charge in [0.15, 0.2) is 31.3 Å². The lowest BCUT2D eigenvalue weighted by atomic mass is 9.98. The van der Waals surface area contributed by atoms with Gasteiger partial charge in [0.25, 0.3) is 5.56 Å². The van der Waals surface area contributed by atoms with Crippen LogP contribution < -0.4 is 11.2 Å². The fraction of sp³-hybridized carbons (Fsp3) is 0.667. The first kappa shape index (κ1) is 32.8. The van der Waals surface area contributed by atoms with Crippen LogP contribution in [0.3, 0.4) is 0 Å². The Labute approximate surface area is 237 Å². The summed E-state index contributed by atoms with van der Waals surface area (Å²) in [5, 5.41) is 20.2. The second kappa shape index (κ2) is 14.5. The largest absolute Gasteiger partial charge is 0.463 e. The van der Waals surface area contributed by atoms with Crippen molar-refractivity contribution in [3.63, 3.8) is 0 Å². The zero-order valence-corrected chi connectivity index (χ0v) is 23.0. The van der Waals surface area contributed by atoms with Gasteiger partial charge in [0.05, 0.1) is 6.61 Å². The second-order valence-electron chi connectivity index (χ2n) is 9.24. The number of nitrogens with zero attached hydrogens (tertiary/aromatic N) is 1. The molecule has 2 saturated heterocycles. The van der Waals surface area contributed by atoms with Crippen molar-refractivity contribution >= 4 is 23.9 Å². The minimum Gasteiger partial charge on any atom is -0.463 e. The number of aromatic amines is 1. The molecule has 234 valence electrons. The molecule has 9 atom stereocenters. The molecule has 2 fully saturated rings. The molecule has 2 aliphatic rings. The number of rotatable bonds is 11. The molecule has 3 rings (SSSR count). The third-order valence-corrected chi connectivity index (χ3v) is 6.06. The number of carbonyl (C=O) groups excluding carboxylic acids is 4. The van der Waals surface area contributed by atoms with Gasteiger partial charge in [-0.3, -0.25) is 33.5 Å². The number of nitrogens with one attached hydrogen (secondary N) is 1. The second-order valence-corrected chi connectivity index (χ2v) is 9.24. The van der Waals surface area contributed by atoms with Crippen molar-refractivity contribution in [2.45, 2.75) is 82.9 Å². The fourth-order valence-corrected chi connectivity index (χ4v) is 4.41. The van der Waals surface area contributed by atoms with E-state index in [0.29, 0.717) is 0 Å². The standard InChI is InChI=1S/C24H32N2O16/c1-10(28)35-8-15-18(38-11(2)29)20(39-12(3)30)21(40-13(4)31)23(42-15)37-9-36-19-17(33)14(7-27)41-22(19)26-6-5-16(32)25-24(26)34/h5-6,14-15,17-23,27,33H,7-9H2,1-4H3,(H,25,32,34)/t14-,15-,17?,18+,19+,20+,21-,22-,23-/m1/s1. The number of aliphatic hydroxyl groups is 2. The Morgan fingerprint density at radius 3 is 2.05 bits per heavy atom. The molecule has 1 aromatic heterocycles. The van der Waals surface area contributed by atoms with E-state index in [1.165, 1.54) is 0 Å². The highest BCUT2D eigenvalue weighted by molar-refractivity contribution is 5.68. The van der Waals surface area contributed by atoms with Crippen LogP contribution in [0.5, 0.6) is 0 Å². The van der Waals surface area contributed by atoms with Gasteiger partial charge in [0.2, 0.25) is 6.29 Å². The van der Waals surface area contributed by atoms with E-state index in [4.69, 9.17) is 37.9 Å². The zero-order valence-electron chi connectivity index (χ0n) is 23.0. The Hall–Kier alpha value is -3.68. The number of carbonyl (C=O) groups is 4. The summed E-state index contributed by atoms with van der Waals surface area (Å²) in [5.41, 5.74) is -1.56. The smallest absolute Gasteiger partial charge is 0.330 e. The summed E-state index contributed by atoms with van der Waals surface area (Å²) in [6.07, 6.45) is -11.5. The maximum Gasteiger partial charge on any atom is 0.330 e. The lowest BCUT2D eigenvalue weighted by Crippen LogP contribution is -2.63. The molecule has 42 heavy (non-hydrogen) atoms. The van der Waals surface area contributed by atoms with Crippen molar-refractivity contribution in [3.8, 4) is 0 Å². The number of ether oxygens (including phenoxy) is 8. The molecular formula is C24H32N2O16. The number of esters is 4. The normalized spacial score (nSPS) is 30.8.